The van der Waals surface area contributed by atoms with Crippen LogP contribution in [0.2, 0.25) is 0 Å². The summed E-state index contributed by atoms with van der Waals surface area (Å²) in [6, 6.07) is 5.45. The monoisotopic (exact) mass is 314 g/mol. The van der Waals surface area contributed by atoms with E-state index < -0.39 is 0 Å². The van der Waals surface area contributed by atoms with Gasteiger partial charge in [-0.3, -0.25) is 9.59 Å². The van der Waals surface area contributed by atoms with Crippen molar-refractivity contribution in [2.24, 2.45) is 5.92 Å². The molecule has 3 rings (SSSR count). The van der Waals surface area contributed by atoms with Gasteiger partial charge in [0.15, 0.2) is 0 Å². The van der Waals surface area contributed by atoms with E-state index in [1.54, 1.807) is 18.1 Å². The molecule has 0 radical (unpaired) electrons. The van der Waals surface area contributed by atoms with E-state index in [2.05, 4.69) is 17.5 Å². The molecule has 1 aliphatic carbocycles. The first kappa shape index (κ1) is 15.6. The molecule has 0 aromatic heterocycles. The average Bonchev–Trinajstić information content (AvgIpc) is 3.19. The van der Waals surface area contributed by atoms with E-state index in [0.29, 0.717) is 30.2 Å². The lowest BCUT2D eigenvalue weighted by molar-refractivity contribution is -0.117. The normalized spacial score (nSPS) is 20.1. The second kappa shape index (κ2) is 6.86. The van der Waals surface area contributed by atoms with Crippen LogP contribution in [0.4, 0.5) is 11.4 Å². The molecule has 2 amide bonds. The number of nitrogens with one attached hydrogen (secondary N) is 1. The number of hydrogen-bond donors (Lipinski definition) is 1. The molecule has 0 saturated carbocycles. The quantitative estimate of drug-likeness (QED) is 0.850. The van der Waals surface area contributed by atoms with Gasteiger partial charge in [0.2, 0.25) is 11.8 Å². The van der Waals surface area contributed by atoms with Crippen molar-refractivity contribution in [3.8, 4) is 5.75 Å². The molecule has 122 valence electrons. The third-order valence-corrected chi connectivity index (χ3v) is 4.39. The van der Waals surface area contributed by atoms with E-state index in [1.807, 2.05) is 12.1 Å². The summed E-state index contributed by atoms with van der Waals surface area (Å²) in [4.78, 5) is 25.7. The van der Waals surface area contributed by atoms with E-state index in [9.17, 15) is 9.59 Å². The Morgan fingerprint density at radius 1 is 1.43 bits per heavy atom. The molecule has 0 bridgehead atoms. The van der Waals surface area contributed by atoms with Gasteiger partial charge < -0.3 is 15.0 Å². The molecule has 1 unspecified atom stereocenters. The molecule has 1 heterocycles. The number of ether oxygens (including phenoxy) is 1. The molecular formula is C18H22N2O3. The van der Waals surface area contributed by atoms with Crippen LogP contribution in [0.25, 0.3) is 0 Å². The Bertz CT molecular complexity index is 639. The second-order valence-electron chi connectivity index (χ2n) is 6.05. The Hall–Kier alpha value is -2.30. The Morgan fingerprint density at radius 3 is 2.96 bits per heavy atom. The summed E-state index contributed by atoms with van der Waals surface area (Å²) in [5.41, 5.74) is 1.47. The van der Waals surface area contributed by atoms with Crippen LogP contribution < -0.4 is 15.0 Å². The molecule has 1 N–H and O–H groups in total. The number of allylic oxidation sites excluding steroid dienone is 2. The van der Waals surface area contributed by atoms with E-state index in [-0.39, 0.29) is 11.8 Å². The van der Waals surface area contributed by atoms with Gasteiger partial charge in [0.1, 0.15) is 5.75 Å². The Balaban J connectivity index is 1.69. The zero-order valence-corrected chi connectivity index (χ0v) is 13.4. The number of hydrogen-bond acceptors (Lipinski definition) is 3. The largest absolute Gasteiger partial charge is 0.494 e. The van der Waals surface area contributed by atoms with Gasteiger partial charge >= 0.3 is 0 Å². The van der Waals surface area contributed by atoms with Crippen LogP contribution in [0.1, 0.15) is 32.1 Å². The van der Waals surface area contributed by atoms with Gasteiger partial charge in [-0.1, -0.05) is 12.2 Å². The molecule has 1 aliphatic heterocycles. The maximum Gasteiger partial charge on any atom is 0.227 e. The standard InChI is InChI=1S/C18H22N2O3/c1-23-16-12-14(19-17(21)11-13-5-2-3-6-13)8-9-15(16)20-10-4-7-18(20)22/h2,5,8-9,12-13H,3-4,6-7,10-11H2,1H3,(H,19,21). The lowest BCUT2D eigenvalue weighted by Crippen LogP contribution is -2.24. The van der Waals surface area contributed by atoms with E-state index >= 15 is 0 Å². The SMILES string of the molecule is COc1cc(NC(=O)CC2C=CCC2)ccc1N1CCCC1=O. The van der Waals surface area contributed by atoms with Crippen molar-refractivity contribution in [2.75, 3.05) is 23.9 Å². The molecule has 0 spiro atoms. The second-order valence-corrected chi connectivity index (χ2v) is 6.05. The summed E-state index contributed by atoms with van der Waals surface area (Å²) < 4.78 is 5.41. The fourth-order valence-corrected chi connectivity index (χ4v) is 3.20. The minimum absolute atomic E-state index is 0.00796. The van der Waals surface area contributed by atoms with Crippen molar-refractivity contribution in [2.45, 2.75) is 32.1 Å². The first-order valence-corrected chi connectivity index (χ1v) is 8.12. The number of carbonyl (C=O) groups is 2. The van der Waals surface area contributed by atoms with Gasteiger partial charge in [0.25, 0.3) is 0 Å². The summed E-state index contributed by atoms with van der Waals surface area (Å²) in [5.74, 6) is 1.08. The van der Waals surface area contributed by atoms with Gasteiger partial charge in [0, 0.05) is 31.1 Å². The molecule has 2 aliphatic rings. The Labute approximate surface area is 136 Å². The summed E-state index contributed by atoms with van der Waals surface area (Å²) in [6.07, 6.45) is 8.30. The summed E-state index contributed by atoms with van der Waals surface area (Å²) in [7, 11) is 1.58. The Kier molecular flexibility index (Phi) is 4.65. The molecular weight excluding hydrogens is 292 g/mol. The topological polar surface area (TPSA) is 58.6 Å². The fraction of sp³-hybridized carbons (Fsp3) is 0.444. The molecule has 23 heavy (non-hydrogen) atoms. The number of benzene rings is 1. The third kappa shape index (κ3) is 3.55. The molecule has 1 saturated heterocycles. The van der Waals surface area contributed by atoms with Crippen LogP contribution in [-0.4, -0.2) is 25.5 Å². The minimum Gasteiger partial charge on any atom is -0.494 e. The number of rotatable bonds is 5. The van der Waals surface area contributed by atoms with E-state index in [0.717, 1.165) is 31.5 Å². The average molecular weight is 314 g/mol. The van der Waals surface area contributed by atoms with Crippen LogP contribution in [0, 0.1) is 5.92 Å². The van der Waals surface area contributed by atoms with Crippen molar-refractivity contribution in [1.29, 1.82) is 0 Å². The van der Waals surface area contributed by atoms with Gasteiger partial charge in [-0.2, -0.15) is 0 Å². The van der Waals surface area contributed by atoms with Crippen molar-refractivity contribution < 1.29 is 14.3 Å². The first-order chi connectivity index (χ1) is 11.2. The summed E-state index contributed by atoms with van der Waals surface area (Å²) in [6.45, 7) is 0.717. The van der Waals surface area contributed by atoms with E-state index in [4.69, 9.17) is 4.74 Å². The van der Waals surface area contributed by atoms with Gasteiger partial charge in [0.05, 0.1) is 12.8 Å². The van der Waals surface area contributed by atoms with Crippen molar-refractivity contribution in [3.63, 3.8) is 0 Å². The van der Waals surface area contributed by atoms with Crippen LogP contribution in [0.3, 0.4) is 0 Å². The zero-order chi connectivity index (χ0) is 16.2. The van der Waals surface area contributed by atoms with Crippen molar-refractivity contribution >= 4 is 23.2 Å². The lowest BCUT2D eigenvalue weighted by Gasteiger charge is -2.20. The van der Waals surface area contributed by atoms with Gasteiger partial charge in [-0.15, -0.1) is 0 Å². The number of anilines is 2. The summed E-state index contributed by atoms with van der Waals surface area (Å²) in [5, 5.41) is 2.92. The number of amides is 2. The van der Waals surface area contributed by atoms with Gasteiger partial charge in [-0.05, 0) is 37.3 Å². The molecule has 1 aromatic carbocycles. The third-order valence-electron chi connectivity index (χ3n) is 4.39. The number of carbonyl (C=O) groups excluding carboxylic acids is 2. The highest BCUT2D eigenvalue weighted by Crippen LogP contribution is 2.34. The lowest BCUT2D eigenvalue weighted by atomic mass is 10.1. The highest BCUT2D eigenvalue weighted by atomic mass is 16.5. The predicted octanol–water partition coefficient (Wildman–Crippen LogP) is 3.12. The molecule has 1 atom stereocenters. The molecule has 5 nitrogen and oxygen atoms in total. The van der Waals surface area contributed by atoms with Gasteiger partial charge in [-0.25, -0.2) is 0 Å². The number of methoxy groups -OCH3 is 1. The zero-order valence-electron chi connectivity index (χ0n) is 13.4. The van der Waals surface area contributed by atoms with E-state index in [1.165, 1.54) is 0 Å². The maximum atomic E-state index is 12.1. The summed E-state index contributed by atoms with van der Waals surface area (Å²) >= 11 is 0. The predicted molar refractivity (Wildman–Crippen MR) is 89.7 cm³/mol. The minimum atomic E-state index is 0.00796. The first-order valence-electron chi connectivity index (χ1n) is 8.12. The maximum absolute atomic E-state index is 12.1. The van der Waals surface area contributed by atoms with Crippen molar-refractivity contribution in [1.82, 2.24) is 0 Å². The highest BCUT2D eigenvalue weighted by molar-refractivity contribution is 5.98. The number of nitrogens with zero attached hydrogens (tertiary/aromatic N) is 1. The molecule has 1 fully saturated rings. The molecule has 5 heteroatoms. The molecule has 1 aromatic rings. The van der Waals surface area contributed by atoms with Crippen LogP contribution in [-0.2, 0) is 9.59 Å². The Morgan fingerprint density at radius 2 is 2.30 bits per heavy atom. The van der Waals surface area contributed by atoms with Crippen LogP contribution in [0.5, 0.6) is 5.75 Å². The smallest absolute Gasteiger partial charge is 0.227 e. The highest BCUT2D eigenvalue weighted by Gasteiger charge is 2.24. The van der Waals surface area contributed by atoms with Crippen LogP contribution in [0.15, 0.2) is 30.4 Å². The van der Waals surface area contributed by atoms with Crippen molar-refractivity contribution in [3.05, 3.63) is 30.4 Å². The fourth-order valence-electron chi connectivity index (χ4n) is 3.20. The van der Waals surface area contributed by atoms with Crippen LogP contribution >= 0.6 is 0 Å².